The van der Waals surface area contributed by atoms with Gasteiger partial charge in [0.05, 0.1) is 11.0 Å². The molecule has 1 fully saturated rings. The molecule has 0 atom stereocenters. The second kappa shape index (κ2) is 7.07. The molecule has 2 nitrogen and oxygen atoms in total. The summed E-state index contributed by atoms with van der Waals surface area (Å²) in [6.07, 6.45) is 5.13. The van der Waals surface area contributed by atoms with Crippen LogP contribution in [-0.2, 0) is 6.54 Å². The molecule has 122 valence electrons. The van der Waals surface area contributed by atoms with Gasteiger partial charge in [0, 0.05) is 36.3 Å². The minimum Gasteiger partial charge on any atom is -0.346 e. The van der Waals surface area contributed by atoms with Crippen LogP contribution in [0.2, 0.25) is 0 Å². The fourth-order valence-electron chi connectivity index (χ4n) is 3.03. The highest BCUT2D eigenvalue weighted by molar-refractivity contribution is 9.10. The van der Waals surface area contributed by atoms with Crippen molar-refractivity contribution in [3.63, 3.8) is 0 Å². The van der Waals surface area contributed by atoms with Gasteiger partial charge in [0.15, 0.2) is 0 Å². The lowest BCUT2D eigenvalue weighted by atomic mass is 9.87. The number of alkyl halides is 2. The van der Waals surface area contributed by atoms with Crippen LogP contribution >= 0.6 is 15.9 Å². The summed E-state index contributed by atoms with van der Waals surface area (Å²) in [5.74, 6) is -2.11. The summed E-state index contributed by atoms with van der Waals surface area (Å²) >= 11 is 3.44. The van der Waals surface area contributed by atoms with Crippen molar-refractivity contribution in [1.82, 2.24) is 9.55 Å². The Labute approximate surface area is 139 Å². The van der Waals surface area contributed by atoms with E-state index in [0.717, 1.165) is 27.6 Å². The van der Waals surface area contributed by atoms with Gasteiger partial charge in [-0.2, -0.15) is 0 Å². The maximum Gasteiger partial charge on any atom is 0.248 e. The summed E-state index contributed by atoms with van der Waals surface area (Å²) in [5.41, 5.74) is 3.21. The van der Waals surface area contributed by atoms with E-state index in [-0.39, 0.29) is 12.8 Å². The van der Waals surface area contributed by atoms with Gasteiger partial charge in [-0.15, -0.1) is 0 Å². The second-order valence-electron chi connectivity index (χ2n) is 5.79. The molecule has 3 rings (SSSR count). The van der Waals surface area contributed by atoms with E-state index in [9.17, 15) is 8.78 Å². The molecule has 1 aliphatic carbocycles. The molecule has 0 N–H and O–H groups in total. The molecule has 2 aromatic rings. The van der Waals surface area contributed by atoms with E-state index >= 15 is 0 Å². The van der Waals surface area contributed by atoms with Crippen LogP contribution in [0.1, 0.15) is 45.1 Å². The van der Waals surface area contributed by atoms with Crippen molar-refractivity contribution in [3.8, 4) is 0 Å². The quantitative estimate of drug-likeness (QED) is 0.635. The number of aryl methyl sites for hydroxylation is 1. The molecule has 0 spiro atoms. The van der Waals surface area contributed by atoms with E-state index in [1.807, 2.05) is 26.8 Å². The van der Waals surface area contributed by atoms with Crippen molar-refractivity contribution in [2.75, 3.05) is 0 Å². The number of pyridine rings is 1. The Morgan fingerprint density at radius 2 is 1.95 bits per heavy atom. The smallest absolute Gasteiger partial charge is 0.248 e. The molecule has 0 saturated heterocycles. The lowest BCUT2D eigenvalue weighted by Gasteiger charge is -2.28. The van der Waals surface area contributed by atoms with Crippen LogP contribution in [0.3, 0.4) is 0 Å². The zero-order chi connectivity index (χ0) is 16.3. The third-order valence-corrected chi connectivity index (χ3v) is 4.59. The van der Waals surface area contributed by atoms with Gasteiger partial charge in [0.25, 0.3) is 0 Å². The fourth-order valence-corrected chi connectivity index (χ4v) is 3.35. The number of halogens is 3. The Bertz CT molecular complexity index is 627. The van der Waals surface area contributed by atoms with Crippen LogP contribution in [0.4, 0.5) is 8.78 Å². The SMILES string of the molecule is CC.Cc1cn(CC2CCC(F)(F)CC2)c2cc(Br)cnc12. The van der Waals surface area contributed by atoms with Gasteiger partial charge in [-0.3, -0.25) is 4.98 Å². The normalized spacial score (nSPS) is 18.1. The molecular weight excluding hydrogens is 350 g/mol. The molecule has 0 aliphatic heterocycles. The average molecular weight is 373 g/mol. The summed E-state index contributed by atoms with van der Waals surface area (Å²) in [4.78, 5) is 4.43. The minimum absolute atomic E-state index is 0.0256. The second-order valence-corrected chi connectivity index (χ2v) is 6.70. The van der Waals surface area contributed by atoms with E-state index in [1.165, 1.54) is 0 Å². The highest BCUT2D eigenvalue weighted by Gasteiger charge is 2.34. The van der Waals surface area contributed by atoms with Gasteiger partial charge in [-0.05, 0) is 53.2 Å². The van der Waals surface area contributed by atoms with Gasteiger partial charge in [-0.1, -0.05) is 13.8 Å². The number of hydrogen-bond acceptors (Lipinski definition) is 1. The predicted molar refractivity (Wildman–Crippen MR) is 90.4 cm³/mol. The summed E-state index contributed by atoms with van der Waals surface area (Å²) < 4.78 is 29.5. The molecule has 0 unspecified atom stereocenters. The van der Waals surface area contributed by atoms with Crippen LogP contribution in [0.25, 0.3) is 11.0 Å². The average Bonchev–Trinajstić information content (AvgIpc) is 2.79. The van der Waals surface area contributed by atoms with E-state index in [1.54, 1.807) is 6.20 Å². The molecule has 1 saturated carbocycles. The maximum atomic E-state index is 13.2. The lowest BCUT2D eigenvalue weighted by Crippen LogP contribution is -2.26. The van der Waals surface area contributed by atoms with E-state index in [4.69, 9.17) is 0 Å². The maximum absolute atomic E-state index is 13.2. The van der Waals surface area contributed by atoms with E-state index < -0.39 is 5.92 Å². The zero-order valence-corrected chi connectivity index (χ0v) is 15.0. The van der Waals surface area contributed by atoms with Crippen LogP contribution in [0.15, 0.2) is 22.9 Å². The molecule has 0 amide bonds. The first-order chi connectivity index (χ1) is 10.4. The molecule has 2 heterocycles. The Kier molecular flexibility index (Phi) is 5.59. The van der Waals surface area contributed by atoms with Gasteiger partial charge in [-0.25, -0.2) is 8.78 Å². The highest BCUT2D eigenvalue weighted by Crippen LogP contribution is 2.37. The highest BCUT2D eigenvalue weighted by atomic mass is 79.9. The molecule has 0 aromatic carbocycles. The predicted octanol–water partition coefficient (Wildman–Crippen LogP) is 5.96. The van der Waals surface area contributed by atoms with Crippen molar-refractivity contribution in [1.29, 1.82) is 0 Å². The Hall–Kier alpha value is -0.970. The molecule has 22 heavy (non-hydrogen) atoms. The Morgan fingerprint density at radius 1 is 1.32 bits per heavy atom. The van der Waals surface area contributed by atoms with Gasteiger partial charge >= 0.3 is 0 Å². The zero-order valence-electron chi connectivity index (χ0n) is 13.4. The van der Waals surface area contributed by atoms with Crippen molar-refractivity contribution in [2.24, 2.45) is 5.92 Å². The number of hydrogen-bond donors (Lipinski definition) is 0. The first-order valence-electron chi connectivity index (χ1n) is 7.93. The topological polar surface area (TPSA) is 17.8 Å². The first kappa shape index (κ1) is 17.4. The number of nitrogens with zero attached hydrogens (tertiary/aromatic N) is 2. The van der Waals surface area contributed by atoms with Crippen LogP contribution in [0.5, 0.6) is 0 Å². The van der Waals surface area contributed by atoms with Crippen molar-refractivity contribution in [2.45, 2.75) is 58.9 Å². The van der Waals surface area contributed by atoms with Crippen molar-refractivity contribution >= 4 is 27.0 Å². The largest absolute Gasteiger partial charge is 0.346 e. The van der Waals surface area contributed by atoms with E-state index in [2.05, 4.69) is 31.7 Å². The number of fused-ring (bicyclic) bond motifs is 1. The van der Waals surface area contributed by atoms with Crippen LogP contribution < -0.4 is 0 Å². The molecule has 1 aliphatic rings. The molecule has 2 aromatic heterocycles. The minimum atomic E-state index is -2.45. The number of aromatic nitrogens is 2. The Morgan fingerprint density at radius 3 is 2.59 bits per heavy atom. The number of rotatable bonds is 2. The third kappa shape index (κ3) is 3.86. The summed E-state index contributed by atoms with van der Waals surface area (Å²) in [5, 5.41) is 0. The summed E-state index contributed by atoms with van der Waals surface area (Å²) in [6.45, 7) is 6.84. The Balaban J connectivity index is 0.000000847. The monoisotopic (exact) mass is 372 g/mol. The fraction of sp³-hybridized carbons (Fsp3) is 0.588. The molecular formula is C17H23BrF2N2. The first-order valence-corrected chi connectivity index (χ1v) is 8.73. The molecule has 0 bridgehead atoms. The summed E-state index contributed by atoms with van der Waals surface area (Å²) in [7, 11) is 0. The van der Waals surface area contributed by atoms with Crippen molar-refractivity contribution < 1.29 is 8.78 Å². The van der Waals surface area contributed by atoms with Crippen LogP contribution in [0, 0.1) is 12.8 Å². The third-order valence-electron chi connectivity index (χ3n) is 4.16. The van der Waals surface area contributed by atoms with E-state index in [0.29, 0.717) is 18.8 Å². The lowest BCUT2D eigenvalue weighted by molar-refractivity contribution is -0.0472. The molecule has 0 radical (unpaired) electrons. The van der Waals surface area contributed by atoms with Gasteiger partial charge in [0.1, 0.15) is 0 Å². The van der Waals surface area contributed by atoms with Crippen LogP contribution in [-0.4, -0.2) is 15.5 Å². The van der Waals surface area contributed by atoms with Crippen molar-refractivity contribution in [3.05, 3.63) is 28.5 Å². The van der Waals surface area contributed by atoms with Gasteiger partial charge in [0.2, 0.25) is 5.92 Å². The molecule has 5 heteroatoms. The van der Waals surface area contributed by atoms with Gasteiger partial charge < -0.3 is 4.57 Å². The summed E-state index contributed by atoms with van der Waals surface area (Å²) in [6, 6.07) is 2.05. The standard InChI is InChI=1S/C15H17BrF2N2.C2H6/c1-10-8-20(13-6-12(16)7-19-14(10)13)9-11-2-4-15(17,18)5-3-11;1-2/h6-8,11H,2-5,9H2,1H3;1-2H3.